The van der Waals surface area contributed by atoms with Gasteiger partial charge in [0.05, 0.1) is 0 Å². The lowest BCUT2D eigenvalue weighted by atomic mass is 9.96. The van der Waals surface area contributed by atoms with E-state index in [1.54, 1.807) is 4.90 Å². The smallest absolute Gasteiger partial charge is 0.412 e. The molecule has 3 unspecified atom stereocenters. The molecule has 2 aliphatic heterocycles. The van der Waals surface area contributed by atoms with E-state index >= 15 is 0 Å². The summed E-state index contributed by atoms with van der Waals surface area (Å²) < 4.78 is 11.0. The van der Waals surface area contributed by atoms with Gasteiger partial charge in [-0.2, -0.15) is 0 Å². The Hall–Kier alpha value is -1.54. The van der Waals surface area contributed by atoms with Crippen molar-refractivity contribution in [3.63, 3.8) is 0 Å². The molecule has 0 bridgehead atoms. The molecule has 2 rings (SSSR count). The highest BCUT2D eigenvalue weighted by Crippen LogP contribution is 2.35. The second-order valence-electron chi connectivity index (χ2n) is 9.10. The van der Waals surface area contributed by atoms with E-state index in [1.165, 1.54) is 4.90 Å². The molecule has 8 nitrogen and oxygen atoms in total. The molecule has 2 heterocycles. The third kappa shape index (κ3) is 5.23. The van der Waals surface area contributed by atoms with Crippen molar-refractivity contribution in [2.45, 2.75) is 84.3 Å². The van der Waals surface area contributed by atoms with Crippen molar-refractivity contribution in [1.29, 1.82) is 0 Å². The number of ether oxygens (including phenoxy) is 2. The van der Waals surface area contributed by atoms with Crippen molar-refractivity contribution >= 4 is 12.2 Å². The number of hydrogen-bond donors (Lipinski definition) is 1. The van der Waals surface area contributed by atoms with Gasteiger partial charge in [0, 0.05) is 31.5 Å². The molecule has 0 aromatic rings. The number of nitrogens with zero attached hydrogens (tertiary/aromatic N) is 2. The van der Waals surface area contributed by atoms with Gasteiger partial charge in [-0.15, -0.1) is 0 Å². The van der Waals surface area contributed by atoms with E-state index in [-0.39, 0.29) is 18.1 Å². The van der Waals surface area contributed by atoms with E-state index in [0.717, 1.165) is 12.8 Å². The van der Waals surface area contributed by atoms with Gasteiger partial charge in [0.2, 0.25) is 0 Å². The highest BCUT2D eigenvalue weighted by atomic mass is 16.6. The summed E-state index contributed by atoms with van der Waals surface area (Å²) in [4.78, 5) is 33.3. The third-order valence-corrected chi connectivity index (χ3v) is 4.54. The zero-order valence-electron chi connectivity index (χ0n) is 16.8. The maximum Gasteiger partial charge on any atom is 0.412 e. The Bertz CT molecular complexity index is 526. The summed E-state index contributed by atoms with van der Waals surface area (Å²) in [6.07, 6.45) is 1.07. The van der Waals surface area contributed by atoms with Gasteiger partial charge in [0.25, 0.3) is 0 Å². The number of nitrogens with two attached hydrogens (primary N) is 1. The Morgan fingerprint density at radius 3 is 2.00 bits per heavy atom. The lowest BCUT2D eigenvalue weighted by Gasteiger charge is -2.31. The standard InChI is InChI=1S/C18H33N3O5/c1-17(2,3)24-15(22)20-9-7-8-13(20)12-10-14(26-19)21(11-12)16(23)25-18(4,5)6/h12-14H,7-11,19H2,1-6H3. The molecule has 0 aliphatic carbocycles. The van der Waals surface area contributed by atoms with Gasteiger partial charge in [-0.25, -0.2) is 15.5 Å². The maximum atomic E-state index is 12.5. The van der Waals surface area contributed by atoms with E-state index in [9.17, 15) is 9.59 Å². The molecule has 2 saturated heterocycles. The lowest BCUT2D eigenvalue weighted by Crippen LogP contribution is -2.44. The van der Waals surface area contributed by atoms with Gasteiger partial charge >= 0.3 is 12.2 Å². The summed E-state index contributed by atoms with van der Waals surface area (Å²) in [6.45, 7) is 12.1. The predicted octanol–water partition coefficient (Wildman–Crippen LogP) is 2.86. The normalized spacial score (nSPS) is 27.0. The lowest BCUT2D eigenvalue weighted by molar-refractivity contribution is -0.0505. The number of hydrogen-bond acceptors (Lipinski definition) is 6. The second-order valence-corrected chi connectivity index (χ2v) is 9.10. The van der Waals surface area contributed by atoms with Crippen LogP contribution in [0.2, 0.25) is 0 Å². The summed E-state index contributed by atoms with van der Waals surface area (Å²) in [5.74, 6) is 5.48. The van der Waals surface area contributed by atoms with Crippen molar-refractivity contribution in [3.8, 4) is 0 Å². The van der Waals surface area contributed by atoms with Crippen LogP contribution in [-0.4, -0.2) is 58.5 Å². The van der Waals surface area contributed by atoms with E-state index in [1.807, 2.05) is 41.5 Å². The summed E-state index contributed by atoms with van der Waals surface area (Å²) in [5, 5.41) is 0. The van der Waals surface area contributed by atoms with Crippen LogP contribution < -0.4 is 5.90 Å². The van der Waals surface area contributed by atoms with Gasteiger partial charge < -0.3 is 14.4 Å². The summed E-state index contributed by atoms with van der Waals surface area (Å²) >= 11 is 0. The monoisotopic (exact) mass is 371 g/mol. The molecule has 2 fully saturated rings. The van der Waals surface area contributed by atoms with Crippen LogP contribution in [0.25, 0.3) is 0 Å². The van der Waals surface area contributed by atoms with E-state index in [4.69, 9.17) is 20.2 Å². The Balaban J connectivity index is 2.06. The molecule has 26 heavy (non-hydrogen) atoms. The Labute approximate surface area is 155 Å². The quantitative estimate of drug-likeness (QED) is 0.750. The largest absolute Gasteiger partial charge is 0.444 e. The van der Waals surface area contributed by atoms with Crippen molar-refractivity contribution in [3.05, 3.63) is 0 Å². The first kappa shape index (κ1) is 20.8. The molecule has 2 aliphatic rings. The minimum Gasteiger partial charge on any atom is -0.444 e. The van der Waals surface area contributed by atoms with Gasteiger partial charge in [0.1, 0.15) is 11.2 Å². The van der Waals surface area contributed by atoms with E-state index in [2.05, 4.69) is 0 Å². The van der Waals surface area contributed by atoms with Crippen molar-refractivity contribution < 1.29 is 23.9 Å². The maximum absolute atomic E-state index is 12.5. The van der Waals surface area contributed by atoms with E-state index in [0.29, 0.717) is 19.5 Å². The van der Waals surface area contributed by atoms with Crippen LogP contribution in [0.4, 0.5) is 9.59 Å². The fourth-order valence-corrected chi connectivity index (χ4v) is 3.58. The minimum absolute atomic E-state index is 0.00920. The molecule has 2 amide bonds. The minimum atomic E-state index is -0.593. The number of carbonyl (C=O) groups is 2. The molecule has 150 valence electrons. The number of carbonyl (C=O) groups excluding carboxylic acids is 2. The first-order chi connectivity index (χ1) is 11.9. The highest BCUT2D eigenvalue weighted by molar-refractivity contribution is 5.70. The average molecular weight is 371 g/mol. The Morgan fingerprint density at radius 1 is 0.962 bits per heavy atom. The molecular formula is C18H33N3O5. The van der Waals surface area contributed by atoms with Crippen molar-refractivity contribution in [1.82, 2.24) is 9.80 Å². The molecule has 3 atom stereocenters. The SMILES string of the molecule is CC(C)(C)OC(=O)N1CC(C2CCCN2C(=O)OC(C)(C)C)CC1ON. The molecule has 8 heteroatoms. The molecule has 0 aromatic carbocycles. The fourth-order valence-electron chi connectivity index (χ4n) is 3.58. The highest BCUT2D eigenvalue weighted by Gasteiger charge is 2.45. The molecule has 2 N–H and O–H groups in total. The molecule has 0 saturated carbocycles. The van der Waals surface area contributed by atoms with Crippen LogP contribution in [0.15, 0.2) is 0 Å². The number of likely N-dealkylation sites (tertiary alicyclic amines) is 2. The zero-order chi connectivity index (χ0) is 19.7. The van der Waals surface area contributed by atoms with Crippen LogP contribution in [0.5, 0.6) is 0 Å². The second kappa shape index (κ2) is 7.60. The molecule has 0 aromatic heterocycles. The Morgan fingerprint density at radius 2 is 1.50 bits per heavy atom. The molecular weight excluding hydrogens is 338 g/mol. The Kier molecular flexibility index (Phi) is 6.07. The predicted molar refractivity (Wildman–Crippen MR) is 96.1 cm³/mol. The first-order valence-corrected chi connectivity index (χ1v) is 9.26. The third-order valence-electron chi connectivity index (χ3n) is 4.54. The van der Waals surface area contributed by atoms with Gasteiger partial charge in [-0.3, -0.25) is 9.74 Å². The molecule has 0 radical (unpaired) electrons. The van der Waals surface area contributed by atoms with Gasteiger partial charge in [0.15, 0.2) is 6.23 Å². The fraction of sp³-hybridized carbons (Fsp3) is 0.889. The topological polar surface area (TPSA) is 94.3 Å². The van der Waals surface area contributed by atoms with Crippen molar-refractivity contribution in [2.75, 3.05) is 13.1 Å². The van der Waals surface area contributed by atoms with Gasteiger partial charge in [-0.1, -0.05) is 0 Å². The van der Waals surface area contributed by atoms with Gasteiger partial charge in [-0.05, 0) is 54.4 Å². The molecule has 0 spiro atoms. The van der Waals surface area contributed by atoms with Crippen molar-refractivity contribution in [2.24, 2.45) is 11.8 Å². The summed E-state index contributed by atoms with van der Waals surface area (Å²) in [7, 11) is 0. The summed E-state index contributed by atoms with van der Waals surface area (Å²) in [5.41, 5.74) is -1.13. The van der Waals surface area contributed by atoms with E-state index < -0.39 is 23.5 Å². The average Bonchev–Trinajstić information content (AvgIpc) is 3.09. The van der Waals surface area contributed by atoms with Crippen LogP contribution in [0.1, 0.15) is 60.8 Å². The van der Waals surface area contributed by atoms with Crippen LogP contribution in [0.3, 0.4) is 0 Å². The van der Waals surface area contributed by atoms with Crippen LogP contribution in [-0.2, 0) is 14.3 Å². The van der Waals surface area contributed by atoms with Crippen LogP contribution in [0, 0.1) is 5.92 Å². The zero-order valence-corrected chi connectivity index (χ0v) is 16.8. The number of rotatable bonds is 2. The number of amides is 2. The summed E-state index contributed by atoms with van der Waals surface area (Å²) in [6, 6.07) is 0.00920. The first-order valence-electron chi connectivity index (χ1n) is 9.26. The van der Waals surface area contributed by atoms with Crippen LogP contribution >= 0.6 is 0 Å².